The van der Waals surface area contributed by atoms with Crippen LogP contribution in [0.2, 0.25) is 0 Å². The summed E-state index contributed by atoms with van der Waals surface area (Å²) in [7, 11) is 1.50. The highest BCUT2D eigenvalue weighted by Crippen LogP contribution is 2.11. The van der Waals surface area contributed by atoms with Crippen molar-refractivity contribution in [2.45, 2.75) is 124 Å². The van der Waals surface area contributed by atoms with Crippen LogP contribution in [0.15, 0.2) is 0 Å². The Bertz CT molecular complexity index is 407. The largest absolute Gasteiger partial charge is 0.393 e. The molecule has 0 amide bonds. The van der Waals surface area contributed by atoms with Gasteiger partial charge in [-0.25, -0.2) is 8.42 Å². The van der Waals surface area contributed by atoms with Crippen LogP contribution in [0.1, 0.15) is 99.3 Å². The van der Waals surface area contributed by atoms with E-state index in [9.17, 15) is 18.6 Å². The summed E-state index contributed by atoms with van der Waals surface area (Å²) in [6.07, 6.45) is 8.16. The highest BCUT2D eigenvalue weighted by molar-refractivity contribution is 8.13. The number of hydrogen-bond donors (Lipinski definition) is 3. The van der Waals surface area contributed by atoms with Crippen LogP contribution >= 0.6 is 10.7 Å². The van der Waals surface area contributed by atoms with Gasteiger partial charge in [0.15, 0.2) is 0 Å². The van der Waals surface area contributed by atoms with Gasteiger partial charge in [0, 0.05) is 17.3 Å². The van der Waals surface area contributed by atoms with E-state index in [1.807, 2.05) is 6.92 Å². The summed E-state index contributed by atoms with van der Waals surface area (Å²) in [6, 6.07) is 0. The first-order chi connectivity index (χ1) is 13.4. The van der Waals surface area contributed by atoms with E-state index in [0.29, 0.717) is 6.42 Å². The van der Waals surface area contributed by atoms with Crippen molar-refractivity contribution in [1.29, 1.82) is 0 Å². The fourth-order valence-electron chi connectivity index (χ4n) is 2.32. The van der Waals surface area contributed by atoms with Gasteiger partial charge >= 0.3 is 0 Å². The van der Waals surface area contributed by atoms with Crippen LogP contribution in [-0.2, 0) is 13.8 Å². The average Bonchev–Trinajstić information content (AvgIpc) is 2.61. The van der Waals surface area contributed by atoms with Crippen molar-refractivity contribution in [3.8, 4) is 0 Å². The summed E-state index contributed by atoms with van der Waals surface area (Å²) < 4.78 is 25.2. The number of rotatable bonds is 14. The molecule has 0 bridgehead atoms. The topological polar surface area (TPSA) is 104 Å². The predicted octanol–water partition coefficient (Wildman–Crippen LogP) is 4.63. The van der Waals surface area contributed by atoms with Gasteiger partial charge in [0.2, 0.25) is 9.05 Å². The van der Waals surface area contributed by atoms with Crippen molar-refractivity contribution in [1.82, 2.24) is 0 Å². The molecule has 0 rings (SSSR count). The highest BCUT2D eigenvalue weighted by atomic mass is 35.7. The maximum Gasteiger partial charge on any atom is 0.232 e. The number of aliphatic hydroxyl groups is 3. The Hall–Kier alpha value is 0.0800. The normalized spacial score (nSPS) is 15.2. The van der Waals surface area contributed by atoms with Gasteiger partial charge in [-0.15, -0.1) is 0 Å². The van der Waals surface area contributed by atoms with Gasteiger partial charge in [-0.05, 0) is 46.0 Å². The van der Waals surface area contributed by atoms with E-state index >= 15 is 0 Å². The van der Waals surface area contributed by atoms with Gasteiger partial charge in [0.25, 0.3) is 0 Å². The van der Waals surface area contributed by atoms with Crippen molar-refractivity contribution in [2.75, 3.05) is 12.4 Å². The molecule has 0 saturated heterocycles. The minimum Gasteiger partial charge on any atom is -0.393 e. The van der Waals surface area contributed by atoms with Crippen molar-refractivity contribution in [3.05, 3.63) is 0 Å². The van der Waals surface area contributed by atoms with Crippen molar-refractivity contribution in [3.63, 3.8) is 0 Å². The zero-order valence-electron chi connectivity index (χ0n) is 19.4. The summed E-state index contributed by atoms with van der Waals surface area (Å²) in [5, 5.41) is 27.3. The molecule has 0 heterocycles. The molecule has 180 valence electrons. The Labute approximate surface area is 184 Å². The van der Waals surface area contributed by atoms with Crippen LogP contribution in [0.5, 0.6) is 0 Å². The lowest BCUT2D eigenvalue weighted by Gasteiger charge is -2.18. The Morgan fingerprint density at radius 2 is 1.28 bits per heavy atom. The Kier molecular flexibility index (Phi) is 26.5. The van der Waals surface area contributed by atoms with Crippen molar-refractivity contribution < 1.29 is 28.5 Å². The van der Waals surface area contributed by atoms with Crippen LogP contribution < -0.4 is 0 Å². The van der Waals surface area contributed by atoms with E-state index in [2.05, 4.69) is 31.5 Å². The standard InChI is InChI=1S/C11H24O2.C8H18O2.C2H5ClO2S/c1-4-6-7-11(9-10(3)12)13-8-5-2;1-3-4-5-8(10)6-7(2)9;1-2-6(3,4)5/h10-12H,4-9H2,1-3H3;7-10H,3-6H2,1-2H3;2H2,1H3. The molecule has 0 saturated carbocycles. The molecule has 0 spiro atoms. The fourth-order valence-corrected chi connectivity index (χ4v) is 2.32. The first-order valence-electron chi connectivity index (χ1n) is 11.0. The second-order valence-electron chi connectivity index (χ2n) is 7.43. The molecule has 0 aliphatic rings. The van der Waals surface area contributed by atoms with Gasteiger partial charge in [0.1, 0.15) is 0 Å². The fraction of sp³-hybridized carbons (Fsp3) is 1.00. The number of unbranched alkanes of at least 4 members (excludes halogenated alkanes) is 2. The zero-order chi connectivity index (χ0) is 23.3. The zero-order valence-corrected chi connectivity index (χ0v) is 21.0. The van der Waals surface area contributed by atoms with Crippen LogP contribution in [0.25, 0.3) is 0 Å². The molecular formula is C21H47ClO6S. The number of aliphatic hydroxyl groups excluding tert-OH is 3. The van der Waals surface area contributed by atoms with E-state index in [4.69, 9.17) is 9.84 Å². The van der Waals surface area contributed by atoms with Gasteiger partial charge in [-0.2, -0.15) is 0 Å². The lowest BCUT2D eigenvalue weighted by molar-refractivity contribution is 0.0124. The molecule has 0 aliphatic carbocycles. The van der Waals surface area contributed by atoms with Crippen molar-refractivity contribution >= 4 is 19.7 Å². The van der Waals surface area contributed by atoms with Crippen LogP contribution in [-0.4, -0.2) is 60.5 Å². The molecule has 4 unspecified atom stereocenters. The molecule has 0 radical (unpaired) electrons. The van der Waals surface area contributed by atoms with Crippen molar-refractivity contribution in [2.24, 2.45) is 0 Å². The molecule has 0 fully saturated rings. The second kappa shape index (κ2) is 22.8. The van der Waals surface area contributed by atoms with E-state index < -0.39 is 9.05 Å². The summed E-state index contributed by atoms with van der Waals surface area (Å²) in [5.74, 6) is 0.00849. The predicted molar refractivity (Wildman–Crippen MR) is 123 cm³/mol. The molecule has 29 heavy (non-hydrogen) atoms. The number of ether oxygens (including phenoxy) is 1. The monoisotopic (exact) mass is 462 g/mol. The third-order valence-electron chi connectivity index (χ3n) is 3.89. The molecule has 0 aromatic rings. The molecule has 0 aromatic heterocycles. The maximum absolute atomic E-state index is 9.77. The van der Waals surface area contributed by atoms with E-state index in [0.717, 1.165) is 45.1 Å². The first kappa shape index (κ1) is 33.7. The average molecular weight is 463 g/mol. The molecule has 4 atom stereocenters. The van der Waals surface area contributed by atoms with E-state index in [-0.39, 0.29) is 30.2 Å². The van der Waals surface area contributed by atoms with Crippen LogP contribution in [0.3, 0.4) is 0 Å². The minimum absolute atomic E-state index is 0.00849. The smallest absolute Gasteiger partial charge is 0.232 e. The molecule has 6 nitrogen and oxygen atoms in total. The van der Waals surface area contributed by atoms with E-state index in [1.165, 1.54) is 19.8 Å². The molecule has 3 N–H and O–H groups in total. The summed E-state index contributed by atoms with van der Waals surface area (Å²) >= 11 is 0. The maximum atomic E-state index is 9.77. The number of halogens is 1. The summed E-state index contributed by atoms with van der Waals surface area (Å²) in [5.41, 5.74) is 0. The quantitative estimate of drug-likeness (QED) is 0.325. The third-order valence-corrected chi connectivity index (χ3v) is 5.23. The summed E-state index contributed by atoms with van der Waals surface area (Å²) in [4.78, 5) is 0. The molecular weight excluding hydrogens is 416 g/mol. The van der Waals surface area contributed by atoms with Gasteiger partial charge < -0.3 is 20.1 Å². The molecule has 0 aromatic carbocycles. The Balaban J connectivity index is -0.000000375. The number of hydrogen-bond acceptors (Lipinski definition) is 6. The van der Waals surface area contributed by atoms with Gasteiger partial charge in [-0.3, -0.25) is 0 Å². The highest BCUT2D eigenvalue weighted by Gasteiger charge is 2.11. The lowest BCUT2D eigenvalue weighted by Crippen LogP contribution is -2.19. The lowest BCUT2D eigenvalue weighted by atomic mass is 10.1. The Morgan fingerprint density at radius 3 is 1.62 bits per heavy atom. The minimum atomic E-state index is -3.19. The third kappa shape index (κ3) is 35.9. The summed E-state index contributed by atoms with van der Waals surface area (Å²) in [6.45, 7) is 12.2. The molecule has 8 heteroatoms. The van der Waals surface area contributed by atoms with E-state index in [1.54, 1.807) is 6.92 Å². The van der Waals surface area contributed by atoms with Gasteiger partial charge in [0.05, 0.1) is 30.2 Å². The SMILES string of the molecule is CCCCC(CC(C)O)OCCC.CCCCC(O)CC(C)O.CCS(=O)(=O)Cl. The second-order valence-corrected chi connectivity index (χ2v) is 10.5. The first-order valence-corrected chi connectivity index (χ1v) is 13.5. The Morgan fingerprint density at radius 1 is 0.828 bits per heavy atom. The van der Waals surface area contributed by atoms with Crippen LogP contribution in [0.4, 0.5) is 0 Å². The molecule has 0 aliphatic heterocycles. The van der Waals surface area contributed by atoms with Crippen LogP contribution in [0, 0.1) is 0 Å². The van der Waals surface area contributed by atoms with Gasteiger partial charge in [-0.1, -0.05) is 53.4 Å².